The summed E-state index contributed by atoms with van der Waals surface area (Å²) in [5, 5.41) is 0.594. The minimum Gasteiger partial charge on any atom is -0.328 e. The molecule has 0 radical (unpaired) electrons. The van der Waals surface area contributed by atoms with Crippen molar-refractivity contribution in [2.75, 3.05) is 0 Å². The molecule has 5 nitrogen and oxygen atoms in total. The van der Waals surface area contributed by atoms with Gasteiger partial charge in [0.05, 0.1) is 23.5 Å². The molecule has 1 aliphatic rings. The van der Waals surface area contributed by atoms with E-state index in [1.54, 1.807) is 4.57 Å². The summed E-state index contributed by atoms with van der Waals surface area (Å²) in [6, 6.07) is 27.2. The molecular weight excluding hydrogens is 458 g/mol. The minimum atomic E-state index is -0.364. The lowest BCUT2D eigenvalue weighted by Gasteiger charge is -2.31. The number of rotatable bonds is 9. The predicted octanol–water partition coefficient (Wildman–Crippen LogP) is 6.51. The van der Waals surface area contributed by atoms with E-state index in [2.05, 4.69) is 12.1 Å². The number of fused-ring (bicyclic) bond motifs is 1. The van der Waals surface area contributed by atoms with E-state index in [-0.39, 0.29) is 17.5 Å². The van der Waals surface area contributed by atoms with Crippen LogP contribution in [0.2, 0.25) is 0 Å². The van der Waals surface area contributed by atoms with E-state index in [0.29, 0.717) is 42.2 Å². The van der Waals surface area contributed by atoms with Crippen LogP contribution in [0.15, 0.2) is 89.7 Å². The van der Waals surface area contributed by atoms with Crippen molar-refractivity contribution >= 4 is 16.8 Å². The molecule has 0 aliphatic heterocycles. The Hall–Kier alpha value is -3.73. The van der Waals surface area contributed by atoms with Crippen molar-refractivity contribution in [1.29, 1.82) is 0 Å². The van der Waals surface area contributed by atoms with E-state index in [1.165, 1.54) is 25.7 Å². The molecule has 1 fully saturated rings. The van der Waals surface area contributed by atoms with E-state index in [1.807, 2.05) is 84.6 Å². The van der Waals surface area contributed by atoms with Crippen molar-refractivity contribution in [3.05, 3.63) is 112 Å². The molecule has 5 heteroatoms. The molecule has 5 rings (SSSR count). The van der Waals surface area contributed by atoms with Gasteiger partial charge >= 0.3 is 0 Å². The summed E-state index contributed by atoms with van der Waals surface area (Å²) in [5.74, 6) is 1.39. The number of carbonyl (C=O) groups excluding carboxylic acids is 1. The number of amides is 1. The molecule has 1 aromatic heterocycles. The summed E-state index contributed by atoms with van der Waals surface area (Å²) in [5.41, 5.74) is 2.68. The first-order valence-electron chi connectivity index (χ1n) is 13.5. The first kappa shape index (κ1) is 24.9. The second-order valence-corrected chi connectivity index (χ2v) is 10.2. The van der Waals surface area contributed by atoms with Crippen molar-refractivity contribution in [3.63, 3.8) is 0 Å². The highest BCUT2D eigenvalue weighted by molar-refractivity contribution is 5.78. The second kappa shape index (κ2) is 11.5. The first-order chi connectivity index (χ1) is 18.1. The maximum absolute atomic E-state index is 13.7. The highest BCUT2D eigenvalue weighted by atomic mass is 16.2. The third kappa shape index (κ3) is 5.82. The normalized spacial score (nSPS) is 14.6. The van der Waals surface area contributed by atoms with Gasteiger partial charge in [-0.15, -0.1) is 0 Å². The Morgan fingerprint density at radius 2 is 1.54 bits per heavy atom. The predicted molar refractivity (Wildman–Crippen MR) is 148 cm³/mol. The monoisotopic (exact) mass is 493 g/mol. The molecule has 1 unspecified atom stereocenters. The zero-order valence-corrected chi connectivity index (χ0v) is 21.6. The van der Waals surface area contributed by atoms with Crippen LogP contribution < -0.4 is 5.56 Å². The minimum absolute atomic E-state index is 0.0747. The van der Waals surface area contributed by atoms with Crippen LogP contribution in [0.25, 0.3) is 10.9 Å². The van der Waals surface area contributed by atoms with Crippen LogP contribution in [0.4, 0.5) is 0 Å². The van der Waals surface area contributed by atoms with Gasteiger partial charge in [0.15, 0.2) is 0 Å². The molecule has 190 valence electrons. The van der Waals surface area contributed by atoms with Crippen LogP contribution in [0.3, 0.4) is 0 Å². The maximum atomic E-state index is 13.7. The smallest absolute Gasteiger partial charge is 0.261 e. The maximum Gasteiger partial charge on any atom is 0.261 e. The van der Waals surface area contributed by atoms with Crippen molar-refractivity contribution in [3.8, 4) is 0 Å². The van der Waals surface area contributed by atoms with Crippen LogP contribution in [-0.2, 0) is 17.9 Å². The fourth-order valence-corrected chi connectivity index (χ4v) is 5.55. The summed E-state index contributed by atoms with van der Waals surface area (Å²) in [7, 11) is 0. The SMILES string of the molecule is CC(c1nc2ccccc2c(=O)n1Cc1ccccc1)N(Cc1ccccc1)C(=O)CCC1CCCC1. The molecule has 3 aromatic carbocycles. The Kier molecular flexibility index (Phi) is 7.79. The number of hydrogen-bond acceptors (Lipinski definition) is 3. The molecule has 1 amide bonds. The number of aromatic nitrogens is 2. The summed E-state index contributed by atoms with van der Waals surface area (Å²) >= 11 is 0. The van der Waals surface area contributed by atoms with Gasteiger partial charge in [0.2, 0.25) is 5.91 Å². The van der Waals surface area contributed by atoms with Crippen LogP contribution in [0.1, 0.15) is 68.4 Å². The van der Waals surface area contributed by atoms with Gasteiger partial charge in [-0.2, -0.15) is 0 Å². The van der Waals surface area contributed by atoms with E-state index < -0.39 is 0 Å². The fourth-order valence-electron chi connectivity index (χ4n) is 5.55. The van der Waals surface area contributed by atoms with E-state index in [0.717, 1.165) is 17.5 Å². The summed E-state index contributed by atoms with van der Waals surface area (Å²) in [6.07, 6.45) is 6.46. The van der Waals surface area contributed by atoms with Crippen LogP contribution in [0.5, 0.6) is 0 Å². The van der Waals surface area contributed by atoms with Crippen molar-refractivity contribution in [2.45, 2.75) is 64.6 Å². The Balaban J connectivity index is 1.53. The van der Waals surface area contributed by atoms with Gasteiger partial charge in [0.25, 0.3) is 5.56 Å². The van der Waals surface area contributed by atoms with E-state index in [9.17, 15) is 9.59 Å². The lowest BCUT2D eigenvalue weighted by molar-refractivity contribution is -0.134. The largest absolute Gasteiger partial charge is 0.328 e. The van der Waals surface area contributed by atoms with Gasteiger partial charge < -0.3 is 4.90 Å². The molecular formula is C32H35N3O2. The second-order valence-electron chi connectivity index (χ2n) is 10.2. The summed E-state index contributed by atoms with van der Waals surface area (Å²) < 4.78 is 1.75. The molecule has 0 N–H and O–H groups in total. The average Bonchev–Trinajstić information content (AvgIpc) is 3.46. The number of benzene rings is 3. The van der Waals surface area contributed by atoms with Gasteiger partial charge in [-0.3, -0.25) is 14.2 Å². The number of hydrogen-bond donors (Lipinski definition) is 0. The third-order valence-electron chi connectivity index (χ3n) is 7.67. The van der Waals surface area contributed by atoms with E-state index >= 15 is 0 Å². The summed E-state index contributed by atoms with van der Waals surface area (Å²) in [6.45, 7) is 2.90. The van der Waals surface area contributed by atoms with Crippen LogP contribution in [-0.4, -0.2) is 20.4 Å². The molecule has 0 spiro atoms. The van der Waals surface area contributed by atoms with Crippen LogP contribution in [0, 0.1) is 5.92 Å². The number of para-hydroxylation sites is 1. The van der Waals surface area contributed by atoms with Crippen molar-refractivity contribution in [1.82, 2.24) is 14.5 Å². The molecule has 37 heavy (non-hydrogen) atoms. The van der Waals surface area contributed by atoms with Crippen molar-refractivity contribution < 1.29 is 4.79 Å². The van der Waals surface area contributed by atoms with E-state index in [4.69, 9.17) is 4.98 Å². The average molecular weight is 494 g/mol. The zero-order valence-electron chi connectivity index (χ0n) is 21.6. The van der Waals surface area contributed by atoms with Crippen LogP contribution >= 0.6 is 0 Å². The molecule has 0 bridgehead atoms. The Morgan fingerprint density at radius 1 is 0.919 bits per heavy atom. The first-order valence-corrected chi connectivity index (χ1v) is 13.5. The quantitative estimate of drug-likeness (QED) is 0.267. The molecule has 1 aliphatic carbocycles. The highest BCUT2D eigenvalue weighted by Gasteiger charge is 2.27. The Bertz CT molecular complexity index is 1390. The topological polar surface area (TPSA) is 55.2 Å². The lowest BCUT2D eigenvalue weighted by atomic mass is 10.0. The standard InChI is InChI=1S/C32H35N3O2/c1-24(34(22-26-14-4-2-5-15-26)30(36)21-20-25-12-8-9-13-25)31-33-29-19-11-10-18-28(29)32(37)35(31)23-27-16-6-3-7-17-27/h2-7,10-11,14-19,24-25H,8-9,12-13,20-23H2,1H3. The number of nitrogens with zero attached hydrogens (tertiary/aromatic N) is 3. The lowest BCUT2D eigenvalue weighted by Crippen LogP contribution is -2.37. The Morgan fingerprint density at radius 3 is 2.24 bits per heavy atom. The zero-order chi connectivity index (χ0) is 25.6. The highest BCUT2D eigenvalue weighted by Crippen LogP contribution is 2.30. The van der Waals surface area contributed by atoms with Gasteiger partial charge in [-0.1, -0.05) is 98.5 Å². The van der Waals surface area contributed by atoms with Gasteiger partial charge in [-0.05, 0) is 42.5 Å². The third-order valence-corrected chi connectivity index (χ3v) is 7.67. The summed E-state index contributed by atoms with van der Waals surface area (Å²) in [4.78, 5) is 34.4. The van der Waals surface area contributed by atoms with Gasteiger partial charge in [-0.25, -0.2) is 4.98 Å². The molecule has 1 atom stereocenters. The molecule has 1 heterocycles. The molecule has 0 saturated heterocycles. The fraction of sp³-hybridized carbons (Fsp3) is 0.344. The van der Waals surface area contributed by atoms with Gasteiger partial charge in [0, 0.05) is 13.0 Å². The van der Waals surface area contributed by atoms with Crippen molar-refractivity contribution in [2.24, 2.45) is 5.92 Å². The Labute approximate surface area is 218 Å². The van der Waals surface area contributed by atoms with Gasteiger partial charge in [0.1, 0.15) is 5.82 Å². The molecule has 1 saturated carbocycles. The molecule has 4 aromatic rings. The number of carbonyl (C=O) groups is 1.